The van der Waals surface area contributed by atoms with Gasteiger partial charge in [0.05, 0.1) is 17.1 Å². The third-order valence-corrected chi connectivity index (χ3v) is 24.7. The molecule has 4 heterocycles. The van der Waals surface area contributed by atoms with Gasteiger partial charge in [0.25, 0.3) is 6.71 Å². The lowest BCUT2D eigenvalue weighted by Gasteiger charge is -2.45. The van der Waals surface area contributed by atoms with Crippen molar-refractivity contribution in [1.29, 1.82) is 0 Å². The van der Waals surface area contributed by atoms with Gasteiger partial charge in [0.2, 0.25) is 6.71 Å². The van der Waals surface area contributed by atoms with Crippen LogP contribution in [0.3, 0.4) is 0 Å². The highest BCUT2D eigenvalue weighted by Gasteiger charge is 2.50. The number of rotatable bonds is 15. The van der Waals surface area contributed by atoms with Gasteiger partial charge < -0.3 is 24.3 Å². The third-order valence-electron chi connectivity index (χ3n) is 23.5. The van der Waals surface area contributed by atoms with E-state index in [-0.39, 0.29) is 13.4 Å². The Hall–Kier alpha value is -14.6. The van der Waals surface area contributed by atoms with Gasteiger partial charge in [0.15, 0.2) is 0 Å². The molecule has 4 aliphatic rings. The summed E-state index contributed by atoms with van der Waals surface area (Å²) in [6.07, 6.45) is 0. The maximum Gasteiger partial charge on any atom is 0.256 e. The Morgan fingerprint density at radius 1 is 0.233 bits per heavy atom. The van der Waals surface area contributed by atoms with Crippen LogP contribution < -0.4 is 57.1 Å². The molecule has 0 saturated carbocycles. The van der Waals surface area contributed by atoms with Crippen molar-refractivity contribution in [1.82, 2.24) is 0 Å². The van der Waals surface area contributed by atoms with Crippen LogP contribution in [0.2, 0.25) is 0 Å². The van der Waals surface area contributed by atoms with E-state index in [1.54, 1.807) is 0 Å². The van der Waals surface area contributed by atoms with E-state index in [4.69, 9.17) is 4.74 Å². The fourth-order valence-electron chi connectivity index (χ4n) is 18.6. The van der Waals surface area contributed by atoms with Gasteiger partial charge in [-0.05, 0) is 151 Å². The molecule has 0 spiro atoms. The molecule has 0 saturated heterocycles. The van der Waals surface area contributed by atoms with Crippen molar-refractivity contribution in [3.8, 4) is 89.4 Å². The lowest BCUT2D eigenvalue weighted by atomic mass is 9.31. The van der Waals surface area contributed by atoms with Crippen LogP contribution in [0, 0.1) is 0 Å². The van der Waals surface area contributed by atoms with Crippen LogP contribution in [-0.4, -0.2) is 13.4 Å². The Labute approximate surface area is 681 Å². The molecular formula is C108H72B2N4OS. The Balaban J connectivity index is 0.890. The molecule has 116 heavy (non-hydrogen) atoms. The van der Waals surface area contributed by atoms with Crippen molar-refractivity contribution >= 4 is 126 Å². The van der Waals surface area contributed by atoms with Crippen molar-refractivity contribution in [2.45, 2.75) is 9.79 Å². The number of hydrogen-bond donors (Lipinski definition) is 0. The van der Waals surface area contributed by atoms with Crippen molar-refractivity contribution in [2.24, 2.45) is 0 Å². The number of fused-ring (bicyclic) bond motifs is 8. The minimum atomic E-state index is -0.371. The average molecular weight is 1500 g/mol. The second-order valence-corrected chi connectivity index (χ2v) is 31.1. The molecule has 0 bridgehead atoms. The van der Waals surface area contributed by atoms with Crippen LogP contribution >= 0.6 is 11.8 Å². The van der Waals surface area contributed by atoms with E-state index in [0.717, 1.165) is 178 Å². The van der Waals surface area contributed by atoms with E-state index >= 15 is 0 Å². The highest BCUT2D eigenvalue weighted by atomic mass is 32.2. The van der Waals surface area contributed by atoms with E-state index in [9.17, 15) is 0 Å². The maximum atomic E-state index is 8.59. The number of hydrogen-bond acceptors (Lipinski definition) is 6. The first-order chi connectivity index (χ1) is 57.6. The van der Waals surface area contributed by atoms with Crippen molar-refractivity contribution < 1.29 is 4.74 Å². The first-order valence-electron chi connectivity index (χ1n) is 39.9. The molecule has 542 valence electrons. The Kier molecular flexibility index (Phi) is 17.0. The van der Waals surface area contributed by atoms with Crippen LogP contribution in [0.5, 0.6) is 11.5 Å². The standard InChI is InChI=1S/C108H72B2N4OS/c1-11-38-73(39-12-1)85-58-35-59-86(74-40-13-2-14-41-74)101(85)102-107-93(109-91-64-31-33-66-95(91)113(105-87(75-42-15-3-16-43-75)60-36-61-88(105)76-44-17-4-18-45-76)97-68-83(70-99(115-107)103(97)109)111(79-50-23-7-24-51-79)80-52-25-8-26-53-80)72-94-108(102)116-100-71-84(112(81-54-27-9-28-55-81)82-56-29-10-30-57-82)69-98-104(100)110(94)92-65-32-34-67-96(92)114(98)106-89(77-46-19-5-20-47-77)62-37-63-90(106)78-48-21-6-22-49-78/h1-72H. The molecule has 0 aliphatic carbocycles. The highest BCUT2D eigenvalue weighted by Crippen LogP contribution is 2.58. The van der Waals surface area contributed by atoms with Crippen LogP contribution in [0.15, 0.2) is 447 Å². The zero-order valence-electron chi connectivity index (χ0n) is 63.3. The number of nitrogens with zero attached hydrogens (tertiary/aromatic N) is 4. The van der Waals surface area contributed by atoms with E-state index in [0.29, 0.717) is 0 Å². The summed E-state index contributed by atoms with van der Waals surface area (Å²) in [5.41, 5.74) is 35.2. The molecule has 0 unspecified atom stereocenters. The molecule has 18 aromatic rings. The Bertz CT molecular complexity index is 6170. The third kappa shape index (κ3) is 11.5. The van der Waals surface area contributed by atoms with Gasteiger partial charge in [-0.15, -0.1) is 0 Å². The Morgan fingerprint density at radius 2 is 0.543 bits per heavy atom. The fraction of sp³-hybridized carbons (Fsp3) is 0. The molecule has 0 amide bonds. The summed E-state index contributed by atoms with van der Waals surface area (Å²) in [5.74, 6) is 1.60. The summed E-state index contributed by atoms with van der Waals surface area (Å²) in [5, 5.41) is 0. The minimum Gasteiger partial charge on any atom is -0.458 e. The summed E-state index contributed by atoms with van der Waals surface area (Å²) in [4.78, 5) is 12.4. The molecule has 18 aromatic carbocycles. The molecule has 0 N–H and O–H groups in total. The molecule has 5 nitrogen and oxygen atoms in total. The topological polar surface area (TPSA) is 22.2 Å². The van der Waals surface area contributed by atoms with Gasteiger partial charge >= 0.3 is 0 Å². The summed E-state index contributed by atoms with van der Waals surface area (Å²) < 4.78 is 8.59. The molecule has 0 radical (unpaired) electrons. The number of para-hydroxylation sites is 8. The summed E-state index contributed by atoms with van der Waals surface area (Å²) in [7, 11) is 0. The van der Waals surface area contributed by atoms with Gasteiger partial charge in [-0.2, -0.15) is 0 Å². The van der Waals surface area contributed by atoms with Crippen LogP contribution in [0.25, 0.3) is 77.9 Å². The van der Waals surface area contributed by atoms with E-state index in [1.165, 1.54) is 21.9 Å². The number of anilines is 12. The zero-order valence-corrected chi connectivity index (χ0v) is 64.1. The molecular weight excluding hydrogens is 1420 g/mol. The van der Waals surface area contributed by atoms with Crippen LogP contribution in [-0.2, 0) is 0 Å². The van der Waals surface area contributed by atoms with E-state index in [2.05, 4.69) is 456 Å². The SMILES string of the molecule is c1ccc(-c2cccc(-c3ccccc3)c2-c2c3c(cc4c2Sc2cc(N(c5ccccc5)c5ccccc5)cc5c2B4c2ccccc2N5c2c(-c4ccccc4)cccc2-c2ccccc2)B2c4ccccc4N(c4c(-c5ccccc5)cccc4-c4ccccc4)c4cc(N(c5ccccc5)c5ccccc5)cc(c42)O3)cc1. The molecule has 22 rings (SSSR count). The molecule has 0 fully saturated rings. The zero-order chi connectivity index (χ0) is 76.6. The van der Waals surface area contributed by atoms with Gasteiger partial charge in [-0.1, -0.05) is 369 Å². The molecule has 8 heteroatoms. The predicted molar refractivity (Wildman–Crippen MR) is 490 cm³/mol. The second-order valence-electron chi connectivity index (χ2n) is 30.0. The van der Waals surface area contributed by atoms with Gasteiger partial charge in [-0.25, -0.2) is 0 Å². The largest absolute Gasteiger partial charge is 0.458 e. The van der Waals surface area contributed by atoms with E-state index in [1.807, 2.05) is 11.8 Å². The first kappa shape index (κ1) is 68.3. The average Bonchev–Trinajstić information content (AvgIpc) is 0.683. The summed E-state index contributed by atoms with van der Waals surface area (Å²) in [6, 6.07) is 161. The van der Waals surface area contributed by atoms with Crippen molar-refractivity contribution in [2.75, 3.05) is 19.6 Å². The summed E-state index contributed by atoms with van der Waals surface area (Å²) >= 11 is 1.89. The summed E-state index contributed by atoms with van der Waals surface area (Å²) in [6.45, 7) is -0.684. The lowest BCUT2D eigenvalue weighted by molar-refractivity contribution is 0.488. The van der Waals surface area contributed by atoms with Crippen LogP contribution in [0.4, 0.5) is 68.2 Å². The quantitative estimate of drug-likeness (QED) is 0.0948. The van der Waals surface area contributed by atoms with Crippen molar-refractivity contribution in [3.05, 3.63) is 437 Å². The number of benzene rings is 18. The van der Waals surface area contributed by atoms with E-state index < -0.39 is 0 Å². The molecule has 0 atom stereocenters. The molecule has 0 aromatic heterocycles. The number of ether oxygens (including phenoxy) is 1. The smallest absolute Gasteiger partial charge is 0.256 e. The van der Waals surface area contributed by atoms with Gasteiger partial charge in [0.1, 0.15) is 11.5 Å². The normalized spacial score (nSPS) is 12.4. The monoisotopic (exact) mass is 1490 g/mol. The first-order valence-corrected chi connectivity index (χ1v) is 40.7. The minimum absolute atomic E-state index is 0.313. The Morgan fingerprint density at radius 3 is 0.922 bits per heavy atom. The van der Waals surface area contributed by atoms with Gasteiger partial charge in [0, 0.05) is 100 Å². The second kappa shape index (κ2) is 28.9. The van der Waals surface area contributed by atoms with Gasteiger partial charge in [-0.3, -0.25) is 0 Å². The maximum absolute atomic E-state index is 8.59. The fourth-order valence-corrected chi connectivity index (χ4v) is 20.0. The highest BCUT2D eigenvalue weighted by molar-refractivity contribution is 8.00. The lowest BCUT2D eigenvalue weighted by Crippen LogP contribution is -2.63. The van der Waals surface area contributed by atoms with Crippen LogP contribution in [0.1, 0.15) is 0 Å². The molecule has 4 aliphatic heterocycles. The predicted octanol–water partition coefficient (Wildman–Crippen LogP) is 25.5. The van der Waals surface area contributed by atoms with Crippen molar-refractivity contribution in [3.63, 3.8) is 0 Å².